The summed E-state index contributed by atoms with van der Waals surface area (Å²) in [6.45, 7) is 1.58. The van der Waals surface area contributed by atoms with Crippen molar-refractivity contribution in [2.24, 2.45) is 5.92 Å². The third kappa shape index (κ3) is 1.37. The minimum absolute atomic E-state index is 0.115. The summed E-state index contributed by atoms with van der Waals surface area (Å²) in [5.74, 6) is -0.0159. The van der Waals surface area contributed by atoms with Crippen LogP contribution in [0.25, 0.3) is 10.8 Å². The lowest BCUT2D eigenvalue weighted by Gasteiger charge is -2.11. The number of carbonyl (C=O) groups excluding carboxylic acids is 1. The fourth-order valence-electron chi connectivity index (χ4n) is 2.85. The second-order valence-corrected chi connectivity index (χ2v) is 4.98. The van der Waals surface area contributed by atoms with Gasteiger partial charge in [-0.15, -0.1) is 0 Å². The number of carbonyl (C=O) groups is 1. The molecule has 0 spiro atoms. The Morgan fingerprint density at radius 3 is 2.67 bits per heavy atom. The first-order valence-corrected chi connectivity index (χ1v) is 6.09. The van der Waals surface area contributed by atoms with Gasteiger partial charge in [-0.2, -0.15) is 5.26 Å². The maximum Gasteiger partial charge on any atom is 0.134 e. The molecule has 18 heavy (non-hydrogen) atoms. The molecule has 0 amide bonds. The van der Waals surface area contributed by atoms with E-state index in [-0.39, 0.29) is 11.7 Å². The van der Waals surface area contributed by atoms with Gasteiger partial charge in [-0.1, -0.05) is 42.5 Å². The summed E-state index contributed by atoms with van der Waals surface area (Å²) in [7, 11) is 0. The average molecular weight is 235 g/mol. The van der Waals surface area contributed by atoms with Gasteiger partial charge in [0.2, 0.25) is 0 Å². The molecule has 0 saturated heterocycles. The van der Waals surface area contributed by atoms with Gasteiger partial charge < -0.3 is 0 Å². The summed E-state index contributed by atoms with van der Waals surface area (Å²) in [5, 5.41) is 11.7. The van der Waals surface area contributed by atoms with Gasteiger partial charge in [0.1, 0.15) is 5.78 Å². The van der Waals surface area contributed by atoms with Crippen molar-refractivity contribution in [3.63, 3.8) is 0 Å². The number of rotatable bonds is 2. The van der Waals surface area contributed by atoms with Crippen molar-refractivity contribution >= 4 is 16.6 Å². The minimum Gasteiger partial charge on any atom is -0.300 e. The molecule has 0 bridgehead atoms. The molecule has 0 N–H and O–H groups in total. The van der Waals surface area contributed by atoms with Gasteiger partial charge in [0.05, 0.1) is 11.5 Å². The lowest BCUT2D eigenvalue weighted by atomic mass is 9.89. The quantitative estimate of drug-likeness (QED) is 0.802. The van der Waals surface area contributed by atoms with E-state index < -0.39 is 5.41 Å². The molecule has 3 rings (SSSR count). The molecule has 2 unspecified atom stereocenters. The van der Waals surface area contributed by atoms with Crippen molar-refractivity contribution in [1.82, 2.24) is 0 Å². The summed E-state index contributed by atoms with van der Waals surface area (Å²) in [6, 6.07) is 16.4. The highest BCUT2D eigenvalue weighted by molar-refractivity contribution is 5.92. The number of nitriles is 1. The second kappa shape index (κ2) is 3.68. The van der Waals surface area contributed by atoms with Crippen LogP contribution in [0.15, 0.2) is 42.5 Å². The number of Topliss-reactive ketones (excluding diaryl/α,β-unsaturated/α-hetero) is 1. The lowest BCUT2D eigenvalue weighted by Crippen LogP contribution is -2.11. The Morgan fingerprint density at radius 2 is 2.00 bits per heavy atom. The number of nitrogens with zero attached hydrogens (tertiary/aromatic N) is 1. The fourth-order valence-corrected chi connectivity index (χ4v) is 2.85. The van der Waals surface area contributed by atoms with Crippen LogP contribution < -0.4 is 0 Å². The predicted octanol–water partition coefficient (Wildman–Crippen LogP) is 3.21. The zero-order valence-corrected chi connectivity index (χ0v) is 10.2. The van der Waals surface area contributed by atoms with Crippen molar-refractivity contribution in [2.75, 3.05) is 0 Å². The van der Waals surface area contributed by atoms with E-state index in [0.29, 0.717) is 6.42 Å². The maximum absolute atomic E-state index is 11.5. The van der Waals surface area contributed by atoms with Gasteiger partial charge in [0, 0.05) is 5.92 Å². The molecular formula is C16H13NO. The van der Waals surface area contributed by atoms with Crippen LogP contribution in [0.3, 0.4) is 0 Å². The molecule has 0 radical (unpaired) electrons. The zero-order valence-electron chi connectivity index (χ0n) is 10.2. The van der Waals surface area contributed by atoms with Crippen molar-refractivity contribution < 1.29 is 4.79 Å². The SMILES string of the molecule is CC(=O)C1CC1(C#N)c1cccc2ccccc12. The lowest BCUT2D eigenvalue weighted by molar-refractivity contribution is -0.118. The Hall–Kier alpha value is -2.14. The molecule has 1 saturated carbocycles. The van der Waals surface area contributed by atoms with E-state index in [9.17, 15) is 10.1 Å². The number of ketones is 1. The van der Waals surface area contributed by atoms with Crippen molar-refractivity contribution in [1.29, 1.82) is 5.26 Å². The highest BCUT2D eigenvalue weighted by Gasteiger charge is 2.59. The van der Waals surface area contributed by atoms with Crippen molar-refractivity contribution in [3.8, 4) is 6.07 Å². The van der Waals surface area contributed by atoms with Crippen molar-refractivity contribution in [2.45, 2.75) is 18.8 Å². The molecule has 0 aliphatic heterocycles. The van der Waals surface area contributed by atoms with Gasteiger partial charge in [0.15, 0.2) is 0 Å². The van der Waals surface area contributed by atoms with Crippen LogP contribution in [0.5, 0.6) is 0 Å². The normalized spacial score (nSPS) is 25.7. The van der Waals surface area contributed by atoms with Gasteiger partial charge in [-0.3, -0.25) is 4.79 Å². The standard InChI is InChI=1S/C16H13NO/c1-11(18)15-9-16(15,10-17)14-8-4-6-12-5-2-3-7-13(12)14/h2-8,15H,9H2,1H3. The molecule has 1 aliphatic rings. The highest BCUT2D eigenvalue weighted by atomic mass is 16.1. The molecule has 0 aromatic heterocycles. The molecule has 1 aliphatic carbocycles. The first kappa shape index (κ1) is 11.0. The van der Waals surface area contributed by atoms with Crippen LogP contribution in [0.2, 0.25) is 0 Å². The molecular weight excluding hydrogens is 222 g/mol. The van der Waals surface area contributed by atoms with E-state index in [4.69, 9.17) is 0 Å². The van der Waals surface area contributed by atoms with E-state index in [2.05, 4.69) is 6.07 Å². The smallest absolute Gasteiger partial charge is 0.134 e. The minimum atomic E-state index is -0.591. The molecule has 2 heteroatoms. The summed E-state index contributed by atoms with van der Waals surface area (Å²) < 4.78 is 0. The largest absolute Gasteiger partial charge is 0.300 e. The monoisotopic (exact) mass is 235 g/mol. The van der Waals surface area contributed by atoms with Crippen LogP contribution >= 0.6 is 0 Å². The Bertz CT molecular complexity index is 678. The Balaban J connectivity index is 2.22. The number of hydrogen-bond donors (Lipinski definition) is 0. The zero-order chi connectivity index (χ0) is 12.8. The van der Waals surface area contributed by atoms with Gasteiger partial charge >= 0.3 is 0 Å². The molecule has 2 aromatic carbocycles. The maximum atomic E-state index is 11.5. The number of fused-ring (bicyclic) bond motifs is 1. The Kier molecular flexibility index (Phi) is 2.24. The molecule has 0 heterocycles. The Morgan fingerprint density at radius 1 is 1.28 bits per heavy atom. The first-order chi connectivity index (χ1) is 8.69. The van der Waals surface area contributed by atoms with Gasteiger partial charge in [0.25, 0.3) is 0 Å². The van der Waals surface area contributed by atoms with Gasteiger partial charge in [-0.05, 0) is 29.7 Å². The van der Waals surface area contributed by atoms with E-state index in [1.807, 2.05) is 42.5 Å². The average Bonchev–Trinajstić information content (AvgIpc) is 3.14. The van der Waals surface area contributed by atoms with Gasteiger partial charge in [-0.25, -0.2) is 0 Å². The van der Waals surface area contributed by atoms with Crippen LogP contribution in [-0.4, -0.2) is 5.78 Å². The van der Waals surface area contributed by atoms with Crippen LogP contribution in [0.4, 0.5) is 0 Å². The van der Waals surface area contributed by atoms with E-state index >= 15 is 0 Å². The highest BCUT2D eigenvalue weighted by Crippen LogP contribution is 2.55. The summed E-state index contributed by atoms with van der Waals surface area (Å²) >= 11 is 0. The van der Waals surface area contributed by atoms with Crippen LogP contribution in [-0.2, 0) is 10.2 Å². The number of benzene rings is 2. The Labute approximate surface area is 106 Å². The second-order valence-electron chi connectivity index (χ2n) is 4.98. The first-order valence-electron chi connectivity index (χ1n) is 6.09. The van der Waals surface area contributed by atoms with E-state index in [1.165, 1.54) is 0 Å². The third-order valence-electron chi connectivity index (χ3n) is 3.92. The van der Waals surface area contributed by atoms with E-state index in [0.717, 1.165) is 16.3 Å². The summed E-state index contributed by atoms with van der Waals surface area (Å²) in [4.78, 5) is 11.5. The van der Waals surface area contributed by atoms with Crippen LogP contribution in [0, 0.1) is 17.2 Å². The molecule has 2 nitrogen and oxygen atoms in total. The third-order valence-corrected chi connectivity index (χ3v) is 3.92. The molecule has 88 valence electrons. The fraction of sp³-hybridized carbons (Fsp3) is 0.250. The molecule has 2 aromatic rings. The molecule has 1 fully saturated rings. The van der Waals surface area contributed by atoms with E-state index in [1.54, 1.807) is 6.92 Å². The summed E-state index contributed by atoms with van der Waals surface area (Å²) in [5.41, 5.74) is 0.412. The number of hydrogen-bond acceptors (Lipinski definition) is 2. The van der Waals surface area contributed by atoms with Crippen LogP contribution in [0.1, 0.15) is 18.9 Å². The van der Waals surface area contributed by atoms with Crippen molar-refractivity contribution in [3.05, 3.63) is 48.0 Å². The molecule has 2 atom stereocenters. The topological polar surface area (TPSA) is 40.9 Å². The predicted molar refractivity (Wildman–Crippen MR) is 70.0 cm³/mol. The summed E-state index contributed by atoms with van der Waals surface area (Å²) in [6.07, 6.45) is 0.660.